The lowest BCUT2D eigenvalue weighted by atomic mass is 10.1. The summed E-state index contributed by atoms with van der Waals surface area (Å²) in [5.74, 6) is -0.625. The third-order valence-electron chi connectivity index (χ3n) is 3.02. The SMILES string of the molecule is CNC(C)c1ccnc(Oc2cc(F)ccc2[N+](=O)[O-])c1. The van der Waals surface area contributed by atoms with E-state index in [0.29, 0.717) is 0 Å². The molecule has 2 aromatic rings. The normalized spacial score (nSPS) is 12.0. The van der Waals surface area contributed by atoms with Gasteiger partial charge in [-0.25, -0.2) is 9.37 Å². The van der Waals surface area contributed by atoms with E-state index in [4.69, 9.17) is 4.74 Å². The largest absolute Gasteiger partial charge is 0.432 e. The van der Waals surface area contributed by atoms with Crippen LogP contribution in [0, 0.1) is 15.9 Å². The highest BCUT2D eigenvalue weighted by molar-refractivity contribution is 5.48. The molecule has 0 aliphatic rings. The van der Waals surface area contributed by atoms with E-state index in [9.17, 15) is 14.5 Å². The number of pyridine rings is 1. The molecule has 1 N–H and O–H groups in total. The Morgan fingerprint density at radius 3 is 2.81 bits per heavy atom. The number of hydrogen-bond acceptors (Lipinski definition) is 5. The summed E-state index contributed by atoms with van der Waals surface area (Å²) in [6.45, 7) is 1.95. The lowest BCUT2D eigenvalue weighted by Gasteiger charge is -2.12. The molecule has 110 valence electrons. The number of nitrogens with one attached hydrogen (secondary N) is 1. The summed E-state index contributed by atoms with van der Waals surface area (Å²) in [4.78, 5) is 14.3. The Balaban J connectivity index is 2.34. The average molecular weight is 291 g/mol. The van der Waals surface area contributed by atoms with E-state index < -0.39 is 10.7 Å². The highest BCUT2D eigenvalue weighted by Crippen LogP contribution is 2.31. The summed E-state index contributed by atoms with van der Waals surface area (Å²) >= 11 is 0. The lowest BCUT2D eigenvalue weighted by molar-refractivity contribution is -0.385. The molecule has 1 heterocycles. The van der Waals surface area contributed by atoms with Crippen molar-refractivity contribution in [2.75, 3.05) is 7.05 Å². The number of nitrogens with zero attached hydrogens (tertiary/aromatic N) is 2. The summed E-state index contributed by atoms with van der Waals surface area (Å²) in [5.41, 5.74) is 0.590. The molecule has 0 saturated heterocycles. The van der Waals surface area contributed by atoms with Gasteiger partial charge in [-0.05, 0) is 31.7 Å². The minimum absolute atomic E-state index is 0.0674. The summed E-state index contributed by atoms with van der Waals surface area (Å²) in [5, 5.41) is 14.0. The first-order valence-corrected chi connectivity index (χ1v) is 6.26. The molecule has 0 amide bonds. The van der Waals surface area contributed by atoms with Gasteiger partial charge >= 0.3 is 5.69 Å². The van der Waals surface area contributed by atoms with Crippen LogP contribution in [0.2, 0.25) is 0 Å². The zero-order valence-electron chi connectivity index (χ0n) is 11.5. The summed E-state index contributed by atoms with van der Waals surface area (Å²) in [6.07, 6.45) is 1.53. The Morgan fingerprint density at radius 1 is 1.38 bits per heavy atom. The van der Waals surface area contributed by atoms with Crippen molar-refractivity contribution < 1.29 is 14.1 Å². The van der Waals surface area contributed by atoms with Gasteiger partial charge in [0.25, 0.3) is 0 Å². The third-order valence-corrected chi connectivity index (χ3v) is 3.02. The molecule has 0 aliphatic carbocycles. The Kier molecular flexibility index (Phi) is 4.44. The van der Waals surface area contributed by atoms with Gasteiger partial charge < -0.3 is 10.1 Å². The second-order valence-electron chi connectivity index (χ2n) is 4.41. The van der Waals surface area contributed by atoms with E-state index in [1.165, 1.54) is 6.20 Å². The van der Waals surface area contributed by atoms with E-state index >= 15 is 0 Å². The molecular weight excluding hydrogens is 277 g/mol. The molecule has 6 nitrogen and oxygen atoms in total. The zero-order chi connectivity index (χ0) is 15.4. The molecule has 7 heteroatoms. The van der Waals surface area contributed by atoms with Gasteiger partial charge in [0, 0.05) is 30.4 Å². The van der Waals surface area contributed by atoms with Gasteiger partial charge in [0.1, 0.15) is 5.82 Å². The van der Waals surface area contributed by atoms with Gasteiger partial charge in [0.05, 0.1) is 4.92 Å². The third kappa shape index (κ3) is 3.51. The second-order valence-corrected chi connectivity index (χ2v) is 4.41. The van der Waals surface area contributed by atoms with E-state index in [1.807, 2.05) is 14.0 Å². The Labute approximate surface area is 120 Å². The van der Waals surface area contributed by atoms with Crippen molar-refractivity contribution >= 4 is 5.69 Å². The molecule has 1 atom stereocenters. The molecule has 0 aliphatic heterocycles. The van der Waals surface area contributed by atoms with Gasteiger partial charge in [0.2, 0.25) is 11.6 Å². The van der Waals surface area contributed by atoms with Crippen LogP contribution in [0.5, 0.6) is 11.6 Å². The molecule has 0 fully saturated rings. The van der Waals surface area contributed by atoms with Crippen molar-refractivity contribution in [3.63, 3.8) is 0 Å². The van der Waals surface area contributed by atoms with Crippen molar-refractivity contribution in [2.45, 2.75) is 13.0 Å². The summed E-state index contributed by atoms with van der Waals surface area (Å²) < 4.78 is 18.6. The first-order valence-electron chi connectivity index (χ1n) is 6.26. The average Bonchev–Trinajstić information content (AvgIpc) is 2.46. The maximum atomic E-state index is 13.2. The minimum atomic E-state index is -0.630. The van der Waals surface area contributed by atoms with Crippen molar-refractivity contribution in [1.82, 2.24) is 10.3 Å². The number of ether oxygens (including phenoxy) is 1. The van der Waals surface area contributed by atoms with E-state index in [1.54, 1.807) is 12.1 Å². The molecule has 0 spiro atoms. The van der Waals surface area contributed by atoms with E-state index in [0.717, 1.165) is 23.8 Å². The molecule has 0 bridgehead atoms. The molecule has 0 saturated carbocycles. The molecule has 1 aromatic carbocycles. The first-order chi connectivity index (χ1) is 10.0. The van der Waals surface area contributed by atoms with Crippen LogP contribution in [0.4, 0.5) is 10.1 Å². The Hall–Kier alpha value is -2.54. The quantitative estimate of drug-likeness (QED) is 0.676. The zero-order valence-corrected chi connectivity index (χ0v) is 11.5. The molecular formula is C14H14FN3O3. The predicted octanol–water partition coefficient (Wildman–Crippen LogP) is 3.20. The molecule has 21 heavy (non-hydrogen) atoms. The molecule has 1 unspecified atom stereocenters. The standard InChI is InChI=1S/C14H14FN3O3/c1-9(16-2)10-5-6-17-14(7-10)21-13-8-11(15)3-4-12(13)18(19)20/h3-9,16H,1-2H3. The van der Waals surface area contributed by atoms with Crippen LogP contribution in [0.3, 0.4) is 0 Å². The highest BCUT2D eigenvalue weighted by Gasteiger charge is 2.17. The van der Waals surface area contributed by atoms with Crippen LogP contribution in [-0.2, 0) is 0 Å². The maximum Gasteiger partial charge on any atom is 0.311 e. The molecule has 2 rings (SSSR count). The van der Waals surface area contributed by atoms with Gasteiger partial charge in [-0.15, -0.1) is 0 Å². The van der Waals surface area contributed by atoms with Gasteiger partial charge in [-0.3, -0.25) is 10.1 Å². The number of halogens is 1. The van der Waals surface area contributed by atoms with Crippen molar-refractivity contribution in [3.05, 3.63) is 58.0 Å². The number of aromatic nitrogens is 1. The number of benzene rings is 1. The summed E-state index contributed by atoms with van der Waals surface area (Å²) in [6, 6.07) is 6.55. The Bertz CT molecular complexity index is 664. The van der Waals surface area contributed by atoms with Crippen LogP contribution < -0.4 is 10.1 Å². The van der Waals surface area contributed by atoms with Gasteiger partial charge in [-0.1, -0.05) is 0 Å². The van der Waals surface area contributed by atoms with E-state index in [2.05, 4.69) is 10.3 Å². The van der Waals surface area contributed by atoms with Crippen molar-refractivity contribution in [3.8, 4) is 11.6 Å². The fourth-order valence-corrected chi connectivity index (χ4v) is 1.75. The van der Waals surface area contributed by atoms with Gasteiger partial charge in [-0.2, -0.15) is 0 Å². The highest BCUT2D eigenvalue weighted by atomic mass is 19.1. The van der Waals surface area contributed by atoms with Crippen molar-refractivity contribution in [1.29, 1.82) is 0 Å². The number of rotatable bonds is 5. The fourth-order valence-electron chi connectivity index (χ4n) is 1.75. The monoisotopic (exact) mass is 291 g/mol. The van der Waals surface area contributed by atoms with E-state index in [-0.39, 0.29) is 23.4 Å². The van der Waals surface area contributed by atoms with Crippen LogP contribution >= 0.6 is 0 Å². The fraction of sp³-hybridized carbons (Fsp3) is 0.214. The maximum absolute atomic E-state index is 13.2. The predicted molar refractivity (Wildman–Crippen MR) is 74.8 cm³/mol. The first kappa shape index (κ1) is 14.9. The smallest absolute Gasteiger partial charge is 0.311 e. The minimum Gasteiger partial charge on any atom is -0.432 e. The van der Waals surface area contributed by atoms with Crippen LogP contribution in [0.15, 0.2) is 36.5 Å². The second kappa shape index (κ2) is 6.27. The number of nitro groups is 1. The van der Waals surface area contributed by atoms with Crippen LogP contribution in [0.1, 0.15) is 18.5 Å². The lowest BCUT2D eigenvalue weighted by Crippen LogP contribution is -2.12. The Morgan fingerprint density at radius 2 is 2.14 bits per heavy atom. The molecule has 1 aromatic heterocycles. The number of nitro benzene ring substituents is 1. The van der Waals surface area contributed by atoms with Crippen molar-refractivity contribution in [2.24, 2.45) is 0 Å². The molecule has 0 radical (unpaired) electrons. The van der Waals surface area contributed by atoms with Crippen LogP contribution in [-0.4, -0.2) is 17.0 Å². The topological polar surface area (TPSA) is 77.3 Å². The van der Waals surface area contributed by atoms with Gasteiger partial charge in [0.15, 0.2) is 0 Å². The summed E-state index contributed by atoms with van der Waals surface area (Å²) in [7, 11) is 1.81. The number of hydrogen-bond donors (Lipinski definition) is 1. The van der Waals surface area contributed by atoms with Crippen LogP contribution in [0.25, 0.3) is 0 Å².